The minimum atomic E-state index is -4.48. The fraction of sp³-hybridized carbons (Fsp3) is 0.900. The molecule has 3 aliphatic carbocycles. The van der Waals surface area contributed by atoms with Crippen molar-refractivity contribution in [1.29, 1.82) is 0 Å². The van der Waals surface area contributed by atoms with E-state index < -0.39 is 12.5 Å². The van der Waals surface area contributed by atoms with Gasteiger partial charge in [-0.05, 0) is 81.5 Å². The molecule has 0 heterocycles. The van der Waals surface area contributed by atoms with Crippen LogP contribution in [0.4, 0.5) is 13.2 Å². The summed E-state index contributed by atoms with van der Waals surface area (Å²) in [6.07, 6.45) is 9.40. The predicted molar refractivity (Wildman–Crippen MR) is 89.4 cm³/mol. The Morgan fingerprint density at radius 3 is 2.08 bits per heavy atom. The molecule has 0 bridgehead atoms. The van der Waals surface area contributed by atoms with E-state index in [4.69, 9.17) is 0 Å². The van der Waals surface area contributed by atoms with Gasteiger partial charge in [0.1, 0.15) is 0 Å². The van der Waals surface area contributed by atoms with Crippen molar-refractivity contribution in [2.24, 2.45) is 23.7 Å². The maximum absolute atomic E-state index is 12.3. The second kappa shape index (κ2) is 7.80. The Balaban J connectivity index is 1.44. The van der Waals surface area contributed by atoms with Crippen LogP contribution < -0.4 is 0 Å². The van der Waals surface area contributed by atoms with Gasteiger partial charge in [-0.15, -0.1) is 13.2 Å². The number of allylic oxidation sites excluding steroid dienone is 2. The molecule has 2 saturated carbocycles. The zero-order chi connectivity index (χ0) is 17.2. The first-order valence-electron chi connectivity index (χ1n) is 9.84. The molecule has 0 aromatic carbocycles. The smallest absolute Gasteiger partial charge is 0.289 e. The molecule has 0 aromatic rings. The molecule has 1 nitrogen and oxygen atoms in total. The van der Waals surface area contributed by atoms with Gasteiger partial charge < -0.3 is 0 Å². The Kier molecular flexibility index (Phi) is 5.94. The topological polar surface area (TPSA) is 9.23 Å². The van der Waals surface area contributed by atoms with E-state index in [2.05, 4.69) is 17.7 Å². The van der Waals surface area contributed by atoms with E-state index in [0.717, 1.165) is 30.6 Å². The van der Waals surface area contributed by atoms with E-state index in [1.165, 1.54) is 50.5 Å². The summed E-state index contributed by atoms with van der Waals surface area (Å²) in [6, 6.07) is 0. The molecule has 0 saturated heterocycles. The van der Waals surface area contributed by atoms with Gasteiger partial charge in [-0.1, -0.05) is 31.4 Å². The van der Waals surface area contributed by atoms with Crippen molar-refractivity contribution >= 4 is 0 Å². The number of halogens is 3. The highest BCUT2D eigenvalue weighted by Crippen LogP contribution is 2.43. The molecular formula is C20H31F3O. The van der Waals surface area contributed by atoms with Gasteiger partial charge in [0.2, 0.25) is 0 Å². The molecule has 1 atom stereocenters. The van der Waals surface area contributed by atoms with Crippen LogP contribution in [-0.4, -0.2) is 12.5 Å². The number of hydrogen-bond acceptors (Lipinski definition) is 1. The lowest BCUT2D eigenvalue weighted by atomic mass is 9.69. The number of rotatable bonds is 3. The van der Waals surface area contributed by atoms with E-state index in [0.29, 0.717) is 18.8 Å². The lowest BCUT2D eigenvalue weighted by Gasteiger charge is -2.37. The standard InChI is InChI=1S/C20H31F3O/c1-14-2-4-15(5-3-14)16-6-8-17(9-7-16)18-10-12-19(13-11-18)24-20(21,22)23/h8,14-16,18-19H,2-7,9-13H2,1H3. The molecule has 4 heteroatoms. The summed E-state index contributed by atoms with van der Waals surface area (Å²) < 4.78 is 41.1. The maximum Gasteiger partial charge on any atom is 0.522 e. The summed E-state index contributed by atoms with van der Waals surface area (Å²) in [5.74, 6) is 3.18. The summed E-state index contributed by atoms with van der Waals surface area (Å²) >= 11 is 0. The SMILES string of the molecule is CC1CCC(C2CC=C(C3CCC(OC(F)(F)F)CC3)CC2)CC1. The van der Waals surface area contributed by atoms with Gasteiger partial charge in [-0.25, -0.2) is 0 Å². The van der Waals surface area contributed by atoms with Gasteiger partial charge in [0.15, 0.2) is 0 Å². The molecule has 0 spiro atoms. The van der Waals surface area contributed by atoms with Crippen LogP contribution in [0.5, 0.6) is 0 Å². The molecule has 138 valence electrons. The van der Waals surface area contributed by atoms with E-state index in [-0.39, 0.29) is 0 Å². The first-order valence-corrected chi connectivity index (χ1v) is 9.84. The van der Waals surface area contributed by atoms with Crippen molar-refractivity contribution in [3.8, 4) is 0 Å². The number of ether oxygens (including phenoxy) is 1. The highest BCUT2D eigenvalue weighted by atomic mass is 19.4. The van der Waals surface area contributed by atoms with Gasteiger partial charge in [0, 0.05) is 0 Å². The highest BCUT2D eigenvalue weighted by Gasteiger charge is 2.36. The molecule has 24 heavy (non-hydrogen) atoms. The Labute approximate surface area is 144 Å². The lowest BCUT2D eigenvalue weighted by molar-refractivity contribution is -0.345. The van der Waals surface area contributed by atoms with Crippen LogP contribution in [0.2, 0.25) is 0 Å². The van der Waals surface area contributed by atoms with E-state index in [1.54, 1.807) is 0 Å². The minimum absolute atomic E-state index is 0.505. The second-order valence-electron chi connectivity index (χ2n) is 8.37. The second-order valence-corrected chi connectivity index (χ2v) is 8.37. The molecule has 0 N–H and O–H groups in total. The number of hydrogen-bond donors (Lipinski definition) is 0. The molecule has 3 rings (SSSR count). The minimum Gasteiger partial charge on any atom is -0.289 e. The first kappa shape index (κ1) is 18.3. The number of alkyl halides is 3. The molecule has 1 unspecified atom stereocenters. The van der Waals surface area contributed by atoms with Crippen LogP contribution in [-0.2, 0) is 4.74 Å². The van der Waals surface area contributed by atoms with Gasteiger partial charge in [-0.2, -0.15) is 0 Å². The fourth-order valence-electron chi connectivity index (χ4n) is 5.17. The van der Waals surface area contributed by atoms with Crippen LogP contribution in [0.25, 0.3) is 0 Å². The highest BCUT2D eigenvalue weighted by molar-refractivity contribution is 5.12. The summed E-state index contributed by atoms with van der Waals surface area (Å²) in [6.45, 7) is 2.37. The van der Waals surface area contributed by atoms with Gasteiger partial charge in [-0.3, -0.25) is 4.74 Å². The average molecular weight is 344 g/mol. The Hall–Kier alpha value is -0.510. The predicted octanol–water partition coefficient (Wildman–Crippen LogP) is 6.63. The zero-order valence-corrected chi connectivity index (χ0v) is 14.8. The van der Waals surface area contributed by atoms with Crippen LogP contribution in [0, 0.1) is 23.7 Å². The normalized spacial score (nSPS) is 38.7. The van der Waals surface area contributed by atoms with E-state index >= 15 is 0 Å². The molecular weight excluding hydrogens is 313 g/mol. The maximum atomic E-state index is 12.3. The van der Waals surface area contributed by atoms with Crippen molar-refractivity contribution < 1.29 is 17.9 Å². The zero-order valence-electron chi connectivity index (χ0n) is 14.8. The van der Waals surface area contributed by atoms with Crippen molar-refractivity contribution in [2.75, 3.05) is 0 Å². The van der Waals surface area contributed by atoms with Gasteiger partial charge in [0.05, 0.1) is 6.10 Å². The molecule has 0 radical (unpaired) electrons. The summed E-state index contributed by atoms with van der Waals surface area (Å²) in [4.78, 5) is 0. The summed E-state index contributed by atoms with van der Waals surface area (Å²) in [5.41, 5.74) is 1.53. The first-order chi connectivity index (χ1) is 11.4. The van der Waals surface area contributed by atoms with Gasteiger partial charge >= 0.3 is 6.36 Å². The van der Waals surface area contributed by atoms with Gasteiger partial charge in [0.25, 0.3) is 0 Å². The molecule has 0 amide bonds. The Bertz CT molecular complexity index is 427. The third-order valence-corrected chi connectivity index (χ3v) is 6.71. The van der Waals surface area contributed by atoms with E-state index in [9.17, 15) is 13.2 Å². The fourth-order valence-corrected chi connectivity index (χ4v) is 5.17. The molecule has 2 fully saturated rings. The van der Waals surface area contributed by atoms with Crippen molar-refractivity contribution in [1.82, 2.24) is 0 Å². The van der Waals surface area contributed by atoms with Crippen LogP contribution in [0.1, 0.15) is 77.6 Å². The average Bonchev–Trinajstić information content (AvgIpc) is 2.55. The van der Waals surface area contributed by atoms with Crippen molar-refractivity contribution in [2.45, 2.75) is 90.0 Å². The van der Waals surface area contributed by atoms with Crippen LogP contribution in [0.15, 0.2) is 11.6 Å². The third-order valence-electron chi connectivity index (χ3n) is 6.71. The third kappa shape index (κ3) is 5.00. The molecule has 0 aliphatic heterocycles. The molecule has 3 aliphatic rings. The lowest BCUT2D eigenvalue weighted by Crippen LogP contribution is -2.29. The molecule has 0 aromatic heterocycles. The van der Waals surface area contributed by atoms with Crippen molar-refractivity contribution in [3.05, 3.63) is 11.6 Å². The quantitative estimate of drug-likeness (QED) is 0.522. The van der Waals surface area contributed by atoms with E-state index in [1.807, 2.05) is 0 Å². The van der Waals surface area contributed by atoms with Crippen LogP contribution in [0.3, 0.4) is 0 Å². The van der Waals surface area contributed by atoms with Crippen LogP contribution >= 0.6 is 0 Å². The Morgan fingerprint density at radius 1 is 0.875 bits per heavy atom. The Morgan fingerprint density at radius 2 is 1.54 bits per heavy atom. The summed E-state index contributed by atoms with van der Waals surface area (Å²) in [7, 11) is 0. The van der Waals surface area contributed by atoms with Crippen molar-refractivity contribution in [3.63, 3.8) is 0 Å². The largest absolute Gasteiger partial charge is 0.522 e. The monoisotopic (exact) mass is 344 g/mol. The summed E-state index contributed by atoms with van der Waals surface area (Å²) in [5, 5.41) is 0.